The maximum atomic E-state index is 10.1. The fourth-order valence-corrected chi connectivity index (χ4v) is 19.5. The minimum Gasteiger partial charge on any atom is -0.310 e. The third-order valence-electron chi connectivity index (χ3n) is 26.6. The lowest BCUT2D eigenvalue weighted by Gasteiger charge is -2.47. The predicted molar refractivity (Wildman–Crippen MR) is 536 cm³/mol. The number of nitrogens with zero attached hydrogens (tertiary/aromatic N) is 5. The monoisotopic (exact) mass is 1620 g/mol. The molecule has 0 fully saturated rings. The van der Waals surface area contributed by atoms with E-state index in [1.165, 1.54) is 27.8 Å². The van der Waals surface area contributed by atoms with Crippen LogP contribution in [0.3, 0.4) is 0 Å². The SMILES string of the molecule is [2H]c1c([2H])c([2H])c2c(c1[2H])c1c([2H])c([2H])c([2H])c([2H])c1n2-c1ccc2c(c1)N(c1c(-c3ccc(C(C)(C)C)cc3)cc(C(C)(C)C)cc1-c1ccc(C(C)(C)C)cc1)c1cc(C(C)(C)C)cc3c1B2c1ccc(-n2c4ccccc4c4ccc5c6ccccc6n(-c6ccccc6)c5c42)cc1N3c1c(-c2ccc(C(C)(C)C)cc2)cc(C(C)(C)C)cc1-c1ccc(C(C)(C)C)cc1. The topological polar surface area (TPSA) is 21.3 Å². The largest absolute Gasteiger partial charge is 0.310 e. The Labute approximate surface area is 745 Å². The lowest BCUT2D eigenvalue weighted by atomic mass is 9.33. The second-order valence-corrected chi connectivity index (χ2v) is 42.1. The second-order valence-electron chi connectivity index (χ2n) is 42.1. The van der Waals surface area contributed by atoms with Gasteiger partial charge in [-0.3, -0.25) is 0 Å². The summed E-state index contributed by atoms with van der Waals surface area (Å²) in [4.78, 5) is 5.21. The Kier molecular flexibility index (Phi) is 16.3. The molecule has 0 spiro atoms. The summed E-state index contributed by atoms with van der Waals surface area (Å²) in [7, 11) is 0. The first-order valence-corrected chi connectivity index (χ1v) is 44.2. The molecular formula is C118H114BN5. The van der Waals surface area contributed by atoms with Gasteiger partial charge in [0, 0.05) is 94.4 Å². The van der Waals surface area contributed by atoms with E-state index in [0.717, 1.165) is 161 Å². The highest BCUT2D eigenvalue weighted by molar-refractivity contribution is 7.00. The second kappa shape index (κ2) is 28.5. The number of fused-ring (bicyclic) bond motifs is 14. The van der Waals surface area contributed by atoms with Gasteiger partial charge in [0.15, 0.2) is 0 Å². The molecule has 15 aromatic carbocycles. The van der Waals surface area contributed by atoms with Crippen LogP contribution in [-0.4, -0.2) is 20.4 Å². The van der Waals surface area contributed by atoms with E-state index < -0.39 is 48.4 Å². The molecule has 5 heterocycles. The van der Waals surface area contributed by atoms with Crippen molar-refractivity contribution in [3.05, 3.63) is 348 Å². The molecule has 0 saturated heterocycles. The summed E-state index contributed by atoms with van der Waals surface area (Å²) in [6.45, 7) is 47.6. The summed E-state index contributed by atoms with van der Waals surface area (Å²) in [5, 5.41) is 4.55. The maximum Gasteiger partial charge on any atom is 0.252 e. The smallest absolute Gasteiger partial charge is 0.252 e. The van der Waals surface area contributed by atoms with Crippen LogP contribution in [0.25, 0.3) is 127 Å². The van der Waals surface area contributed by atoms with Crippen molar-refractivity contribution >= 4 is 123 Å². The molecule has 6 heteroatoms. The Bertz CT molecular complexity index is 7620. The van der Waals surface area contributed by atoms with Gasteiger partial charge in [0.2, 0.25) is 0 Å². The van der Waals surface area contributed by atoms with Crippen molar-refractivity contribution < 1.29 is 11.0 Å². The number of aromatic nitrogens is 3. The molecule has 3 aromatic heterocycles. The minimum atomic E-state index is -0.571. The highest BCUT2D eigenvalue weighted by atomic mass is 15.2. The zero-order chi connectivity index (χ0) is 93.5. The molecule has 0 unspecified atom stereocenters. The number of benzene rings is 15. The van der Waals surface area contributed by atoms with Crippen LogP contribution in [0.4, 0.5) is 34.1 Å². The van der Waals surface area contributed by atoms with Crippen LogP contribution >= 0.6 is 0 Å². The van der Waals surface area contributed by atoms with Gasteiger partial charge in [-0.05, 0) is 213 Å². The summed E-state index contributed by atoms with van der Waals surface area (Å²) >= 11 is 0. The van der Waals surface area contributed by atoms with Crippen LogP contribution in [0, 0.1) is 0 Å². The lowest BCUT2D eigenvalue weighted by Crippen LogP contribution is -2.61. The van der Waals surface area contributed by atoms with Crippen molar-refractivity contribution in [1.29, 1.82) is 0 Å². The van der Waals surface area contributed by atoms with E-state index in [9.17, 15) is 11.0 Å². The zero-order valence-electron chi connectivity index (χ0n) is 83.6. The quantitative estimate of drug-likeness (QED) is 0.134. The molecule has 2 aliphatic heterocycles. The van der Waals surface area contributed by atoms with Gasteiger partial charge >= 0.3 is 0 Å². The molecule has 0 aliphatic carbocycles. The molecular weight excluding hydrogens is 1500 g/mol. The van der Waals surface area contributed by atoms with E-state index in [1.54, 1.807) is 4.57 Å². The number of rotatable bonds is 9. The van der Waals surface area contributed by atoms with Gasteiger partial charge in [-0.1, -0.05) is 358 Å². The molecule has 18 aromatic rings. The van der Waals surface area contributed by atoms with Gasteiger partial charge in [0.05, 0.1) is 55.4 Å². The normalized spacial score (nSPS) is 14.4. The van der Waals surface area contributed by atoms with Crippen molar-refractivity contribution in [2.24, 2.45) is 0 Å². The zero-order valence-corrected chi connectivity index (χ0v) is 75.6. The average molecular weight is 1620 g/mol. The van der Waals surface area contributed by atoms with E-state index in [4.69, 9.17) is 0 Å². The fraction of sp³-hybridized carbons (Fsp3) is 0.237. The van der Waals surface area contributed by atoms with E-state index in [-0.39, 0.29) is 66.4 Å². The molecule has 0 saturated carbocycles. The van der Waals surface area contributed by atoms with Crippen molar-refractivity contribution in [1.82, 2.24) is 13.7 Å². The molecule has 124 heavy (non-hydrogen) atoms. The predicted octanol–water partition coefficient (Wildman–Crippen LogP) is 30.8. The lowest BCUT2D eigenvalue weighted by molar-refractivity contribution is 0.589. The highest BCUT2D eigenvalue weighted by Gasteiger charge is 2.47. The molecule has 20 rings (SSSR count). The van der Waals surface area contributed by atoms with Gasteiger partial charge in [0.25, 0.3) is 6.71 Å². The van der Waals surface area contributed by atoms with Gasteiger partial charge in [-0.15, -0.1) is 0 Å². The number of para-hydroxylation sites is 5. The Hall–Kier alpha value is -12.6. The first-order chi connectivity index (χ1) is 62.3. The van der Waals surface area contributed by atoms with Crippen LogP contribution < -0.4 is 26.2 Å². The molecule has 0 bridgehead atoms. The third kappa shape index (κ3) is 13.2. The molecule has 0 N–H and O–H groups in total. The average Bonchev–Trinajstić information content (AvgIpc) is 0.744. The molecule has 5 nitrogen and oxygen atoms in total. The highest BCUT2D eigenvalue weighted by Crippen LogP contribution is 2.57. The molecule has 614 valence electrons. The Morgan fingerprint density at radius 1 is 0.234 bits per heavy atom. The molecule has 0 atom stereocenters. The summed E-state index contributed by atoms with van der Waals surface area (Å²) in [6.07, 6.45) is 0. The summed E-state index contributed by atoms with van der Waals surface area (Å²) in [6, 6.07) is 95.1. The van der Waals surface area contributed by atoms with E-state index in [2.05, 4.69) is 419 Å². The van der Waals surface area contributed by atoms with Gasteiger partial charge in [-0.2, -0.15) is 0 Å². The first kappa shape index (κ1) is 70.9. The molecule has 0 amide bonds. The number of hydrogen-bond acceptors (Lipinski definition) is 2. The van der Waals surface area contributed by atoms with Crippen molar-refractivity contribution in [2.45, 2.75) is 183 Å². The third-order valence-corrected chi connectivity index (χ3v) is 26.6. The molecule has 2 aliphatic rings. The summed E-state index contributed by atoms with van der Waals surface area (Å²) < 4.78 is 84.1. The van der Waals surface area contributed by atoms with Crippen LogP contribution in [0.1, 0.15) is 195 Å². The Morgan fingerprint density at radius 2 is 0.540 bits per heavy atom. The summed E-state index contributed by atoms with van der Waals surface area (Å²) in [5.74, 6) is 0. The van der Waals surface area contributed by atoms with Crippen LogP contribution in [0.5, 0.6) is 0 Å². The minimum absolute atomic E-state index is 0.00862. The number of anilines is 6. The van der Waals surface area contributed by atoms with Crippen molar-refractivity contribution in [2.75, 3.05) is 9.80 Å². The fourth-order valence-electron chi connectivity index (χ4n) is 19.5. The van der Waals surface area contributed by atoms with Gasteiger partial charge in [-0.25, -0.2) is 0 Å². The van der Waals surface area contributed by atoms with Crippen molar-refractivity contribution in [3.63, 3.8) is 0 Å². The maximum absolute atomic E-state index is 10.1. The Morgan fingerprint density at radius 3 is 0.887 bits per heavy atom. The van der Waals surface area contributed by atoms with Crippen LogP contribution in [0.2, 0.25) is 0 Å². The van der Waals surface area contributed by atoms with E-state index >= 15 is 0 Å². The van der Waals surface area contributed by atoms with Gasteiger partial charge < -0.3 is 23.5 Å². The molecule has 0 radical (unpaired) electrons. The standard InChI is InChI=1S/C118H114BN5/c1-112(2,3)77-51-43-73(44-52-77)93-65-81(116(13,14)15)66-94(74-45-53-78(54-46-74)113(4,5)6)108(93)123-103-71-85(120-99-39-29-25-35-87(99)88-36-26-30-40-100(88)120)59-63-97(103)119-98-64-60-86(122-102-42-32-28-38-90(102)92-62-61-91-89-37-27-31-41-101(89)121(110(91)111(92)122)84-33-23-22-24-34-84)72-104(98)124(106-70-83(118(19,20)21)69-105(123)107(106)119)109-95(75-47-55-79(56-48-75)114(7,8)9)67-82(117(16,17)18)68-96(109)76-49-57-80(58-50-76)115(10,11)12/h22-72H,1-21H3/i25D,26D,29D,30D,35D,36D,39D,40D. The van der Waals surface area contributed by atoms with E-state index in [0.29, 0.717) is 5.69 Å². The van der Waals surface area contributed by atoms with Gasteiger partial charge in [0.1, 0.15) is 0 Å². The summed E-state index contributed by atoms with van der Waals surface area (Å²) in [5.41, 5.74) is 29.9. The van der Waals surface area contributed by atoms with E-state index in [1.807, 2.05) is 6.07 Å². The number of hydrogen-bond donors (Lipinski definition) is 0. The van der Waals surface area contributed by atoms with Crippen molar-refractivity contribution in [3.8, 4) is 61.6 Å². The van der Waals surface area contributed by atoms with Crippen LogP contribution in [0.15, 0.2) is 309 Å². The first-order valence-electron chi connectivity index (χ1n) is 48.2. The Balaban J connectivity index is 1.01. The van der Waals surface area contributed by atoms with Crippen LogP contribution in [-0.2, 0) is 37.9 Å².